The average Bonchev–Trinajstić information content (AvgIpc) is 3.17. The number of ether oxygens (including phenoxy) is 1. The van der Waals surface area contributed by atoms with Crippen molar-refractivity contribution in [2.45, 2.75) is 44.6 Å². The van der Waals surface area contributed by atoms with Gasteiger partial charge in [0.1, 0.15) is 21.4 Å². The number of hydrogen-bond acceptors (Lipinski definition) is 8. The standard InChI is InChI=1S/C18H21N5O3S2/c1-6-8-23-11(5)21-22-18(23)27-10(4)14-19-15(24)12-9(3)13(17(25)26-7-2)28-16(12)20-14/h6,10H,1,7-8H2,2-5H3,(H,19,20,24). The zero-order valence-electron chi connectivity index (χ0n) is 16.1. The molecule has 28 heavy (non-hydrogen) atoms. The van der Waals surface area contributed by atoms with Crippen LogP contribution in [0.5, 0.6) is 0 Å². The Balaban J connectivity index is 1.96. The molecule has 0 saturated carbocycles. The topological polar surface area (TPSA) is 103 Å². The predicted octanol–water partition coefficient (Wildman–Crippen LogP) is 3.41. The lowest BCUT2D eigenvalue weighted by Gasteiger charge is -2.11. The summed E-state index contributed by atoms with van der Waals surface area (Å²) in [4.78, 5) is 33.1. The number of aryl methyl sites for hydroxylation is 2. The number of thioether (sulfide) groups is 1. The van der Waals surface area contributed by atoms with E-state index in [-0.39, 0.29) is 17.4 Å². The first-order valence-electron chi connectivity index (χ1n) is 8.75. The van der Waals surface area contributed by atoms with E-state index in [1.807, 2.05) is 18.4 Å². The Kier molecular flexibility index (Phi) is 5.99. The summed E-state index contributed by atoms with van der Waals surface area (Å²) in [6, 6.07) is 0. The van der Waals surface area contributed by atoms with Gasteiger partial charge in [-0.15, -0.1) is 28.1 Å². The number of H-pyrrole nitrogens is 1. The molecule has 3 rings (SSSR count). The lowest BCUT2D eigenvalue weighted by molar-refractivity contribution is 0.0531. The molecule has 0 amide bonds. The minimum atomic E-state index is -0.431. The molecule has 0 aliphatic carbocycles. The van der Waals surface area contributed by atoms with Gasteiger partial charge < -0.3 is 14.3 Å². The van der Waals surface area contributed by atoms with Crippen LogP contribution < -0.4 is 5.56 Å². The number of nitrogens with zero attached hydrogens (tertiary/aromatic N) is 4. The number of hydrogen-bond donors (Lipinski definition) is 1. The Hall–Kier alpha value is -2.46. The van der Waals surface area contributed by atoms with Gasteiger partial charge in [-0.05, 0) is 33.3 Å². The number of rotatable bonds is 7. The van der Waals surface area contributed by atoms with E-state index in [1.54, 1.807) is 19.9 Å². The van der Waals surface area contributed by atoms with Crippen molar-refractivity contribution in [2.24, 2.45) is 0 Å². The lowest BCUT2D eigenvalue weighted by Crippen LogP contribution is -2.13. The summed E-state index contributed by atoms with van der Waals surface area (Å²) in [6.45, 7) is 11.9. The number of allylic oxidation sites excluding steroid dienone is 1. The van der Waals surface area contributed by atoms with Crippen molar-refractivity contribution < 1.29 is 9.53 Å². The number of carbonyl (C=O) groups excluding carboxylic acids is 1. The molecule has 0 spiro atoms. The molecule has 0 aromatic carbocycles. The first kappa shape index (κ1) is 20.3. The summed E-state index contributed by atoms with van der Waals surface area (Å²) >= 11 is 2.63. The molecule has 1 N–H and O–H groups in total. The molecule has 0 bridgehead atoms. The maximum atomic E-state index is 12.6. The molecule has 1 atom stereocenters. The van der Waals surface area contributed by atoms with Gasteiger partial charge in [0.2, 0.25) is 0 Å². The monoisotopic (exact) mass is 419 g/mol. The van der Waals surface area contributed by atoms with Crippen molar-refractivity contribution in [1.82, 2.24) is 24.7 Å². The number of fused-ring (bicyclic) bond motifs is 1. The van der Waals surface area contributed by atoms with Crippen LogP contribution >= 0.6 is 23.1 Å². The van der Waals surface area contributed by atoms with Gasteiger partial charge in [-0.2, -0.15) is 0 Å². The number of nitrogens with one attached hydrogen (secondary N) is 1. The number of carbonyl (C=O) groups is 1. The van der Waals surface area contributed by atoms with E-state index in [0.717, 1.165) is 11.0 Å². The first-order valence-corrected chi connectivity index (χ1v) is 10.4. The fourth-order valence-electron chi connectivity index (χ4n) is 2.75. The molecule has 0 aliphatic rings. The van der Waals surface area contributed by atoms with Crippen molar-refractivity contribution in [2.75, 3.05) is 6.61 Å². The second kappa shape index (κ2) is 8.27. The maximum absolute atomic E-state index is 12.6. The van der Waals surface area contributed by atoms with Crippen molar-refractivity contribution in [3.8, 4) is 0 Å². The molecule has 148 valence electrons. The molecule has 3 aromatic rings. The Bertz CT molecular complexity index is 1100. The average molecular weight is 420 g/mol. The van der Waals surface area contributed by atoms with E-state index in [1.165, 1.54) is 23.1 Å². The number of esters is 1. The van der Waals surface area contributed by atoms with Crippen molar-refractivity contribution in [1.29, 1.82) is 0 Å². The number of thiophene rings is 1. The molecule has 3 aromatic heterocycles. The highest BCUT2D eigenvalue weighted by Crippen LogP contribution is 2.34. The molecule has 0 fully saturated rings. The SMILES string of the molecule is C=CCn1c(C)nnc1SC(C)c1nc2sc(C(=O)OCC)c(C)c2c(=O)[nH]1. The van der Waals surface area contributed by atoms with Crippen LogP contribution in [0.4, 0.5) is 0 Å². The summed E-state index contributed by atoms with van der Waals surface area (Å²) < 4.78 is 7.02. The van der Waals surface area contributed by atoms with Crippen LogP contribution in [0.2, 0.25) is 0 Å². The highest BCUT2D eigenvalue weighted by atomic mass is 32.2. The number of aromatic nitrogens is 5. The van der Waals surface area contributed by atoms with Gasteiger partial charge in [-0.3, -0.25) is 4.79 Å². The van der Waals surface area contributed by atoms with E-state index in [9.17, 15) is 9.59 Å². The second-order valence-electron chi connectivity index (χ2n) is 6.10. The van der Waals surface area contributed by atoms with Gasteiger partial charge in [-0.1, -0.05) is 17.8 Å². The van der Waals surface area contributed by atoms with E-state index >= 15 is 0 Å². The van der Waals surface area contributed by atoms with Crippen LogP contribution in [0.25, 0.3) is 10.2 Å². The first-order chi connectivity index (χ1) is 13.4. The lowest BCUT2D eigenvalue weighted by atomic mass is 10.2. The van der Waals surface area contributed by atoms with Gasteiger partial charge in [0.05, 0.1) is 17.2 Å². The number of aromatic amines is 1. The molecule has 0 aliphatic heterocycles. The molecular formula is C18H21N5O3S2. The highest BCUT2D eigenvalue weighted by molar-refractivity contribution is 7.99. The summed E-state index contributed by atoms with van der Waals surface area (Å²) in [5, 5.41) is 9.29. The van der Waals surface area contributed by atoms with Gasteiger partial charge in [0, 0.05) is 6.54 Å². The predicted molar refractivity (Wildman–Crippen MR) is 110 cm³/mol. The quantitative estimate of drug-likeness (QED) is 0.356. The summed E-state index contributed by atoms with van der Waals surface area (Å²) in [5.74, 6) is 0.879. The Morgan fingerprint density at radius 1 is 1.43 bits per heavy atom. The molecule has 0 saturated heterocycles. The molecule has 8 nitrogen and oxygen atoms in total. The minimum absolute atomic E-state index is 0.169. The van der Waals surface area contributed by atoms with Crippen LogP contribution in [0.15, 0.2) is 22.6 Å². The van der Waals surface area contributed by atoms with E-state index < -0.39 is 5.97 Å². The maximum Gasteiger partial charge on any atom is 0.348 e. The van der Waals surface area contributed by atoms with E-state index in [4.69, 9.17) is 4.74 Å². The zero-order valence-corrected chi connectivity index (χ0v) is 17.7. The van der Waals surface area contributed by atoms with Gasteiger partial charge >= 0.3 is 5.97 Å². The summed E-state index contributed by atoms with van der Waals surface area (Å²) in [5.41, 5.74) is 0.334. The van der Waals surface area contributed by atoms with Gasteiger partial charge in [0.15, 0.2) is 5.16 Å². The molecule has 3 heterocycles. The van der Waals surface area contributed by atoms with Crippen molar-refractivity contribution in [3.63, 3.8) is 0 Å². The van der Waals surface area contributed by atoms with Crippen molar-refractivity contribution in [3.05, 3.63) is 45.1 Å². The molecule has 0 radical (unpaired) electrons. The van der Waals surface area contributed by atoms with Crippen LogP contribution in [-0.2, 0) is 11.3 Å². The largest absolute Gasteiger partial charge is 0.462 e. The third kappa shape index (κ3) is 3.74. The van der Waals surface area contributed by atoms with Crippen LogP contribution in [0.1, 0.15) is 46.0 Å². The Morgan fingerprint density at radius 3 is 2.86 bits per heavy atom. The summed E-state index contributed by atoms with van der Waals surface area (Å²) in [6.07, 6.45) is 1.78. The fourth-order valence-corrected chi connectivity index (χ4v) is 4.79. The van der Waals surface area contributed by atoms with Crippen LogP contribution in [0.3, 0.4) is 0 Å². The highest BCUT2D eigenvalue weighted by Gasteiger charge is 2.22. The van der Waals surface area contributed by atoms with Gasteiger partial charge in [0.25, 0.3) is 5.56 Å². The van der Waals surface area contributed by atoms with E-state index in [2.05, 4.69) is 26.7 Å². The third-order valence-electron chi connectivity index (χ3n) is 4.16. The summed E-state index contributed by atoms with van der Waals surface area (Å²) in [7, 11) is 0. The molecule has 1 unspecified atom stereocenters. The molecule has 10 heteroatoms. The normalized spacial score (nSPS) is 12.3. The van der Waals surface area contributed by atoms with Crippen LogP contribution in [0, 0.1) is 13.8 Å². The van der Waals surface area contributed by atoms with E-state index in [0.29, 0.717) is 33.0 Å². The third-order valence-corrected chi connectivity index (χ3v) is 6.42. The molecular weight excluding hydrogens is 398 g/mol. The Morgan fingerprint density at radius 2 is 2.18 bits per heavy atom. The van der Waals surface area contributed by atoms with Crippen molar-refractivity contribution >= 4 is 39.3 Å². The zero-order chi connectivity index (χ0) is 20.4. The minimum Gasteiger partial charge on any atom is -0.462 e. The smallest absolute Gasteiger partial charge is 0.348 e. The van der Waals surface area contributed by atoms with Crippen LogP contribution in [-0.4, -0.2) is 37.3 Å². The second-order valence-corrected chi connectivity index (χ2v) is 8.40. The van der Waals surface area contributed by atoms with Gasteiger partial charge in [-0.25, -0.2) is 9.78 Å². The Labute approximate surface area is 170 Å². The fraction of sp³-hybridized carbons (Fsp3) is 0.389.